The summed E-state index contributed by atoms with van der Waals surface area (Å²) in [4.78, 5) is 38.6. The molecule has 2 unspecified atom stereocenters. The molecule has 25 heavy (non-hydrogen) atoms. The summed E-state index contributed by atoms with van der Waals surface area (Å²) in [5.74, 6) is -0.421. The van der Waals surface area contributed by atoms with Crippen molar-refractivity contribution in [2.75, 3.05) is 6.54 Å². The van der Waals surface area contributed by atoms with Crippen LogP contribution in [-0.2, 0) is 14.4 Å². The van der Waals surface area contributed by atoms with Crippen LogP contribution in [0.5, 0.6) is 0 Å². The van der Waals surface area contributed by atoms with E-state index in [0.29, 0.717) is 31.7 Å². The van der Waals surface area contributed by atoms with Gasteiger partial charge in [-0.25, -0.2) is 0 Å². The van der Waals surface area contributed by atoms with Gasteiger partial charge in [-0.15, -0.1) is 0 Å². The Morgan fingerprint density at radius 1 is 1.12 bits per heavy atom. The minimum absolute atomic E-state index is 0.0973. The van der Waals surface area contributed by atoms with Crippen molar-refractivity contribution < 1.29 is 14.4 Å². The van der Waals surface area contributed by atoms with E-state index in [1.165, 1.54) is 10.5 Å². The predicted octanol–water partition coefficient (Wildman–Crippen LogP) is 3.89. The second-order valence-corrected chi connectivity index (χ2v) is 7.00. The number of piperidine rings is 1. The van der Waals surface area contributed by atoms with E-state index in [-0.39, 0.29) is 18.0 Å². The largest absolute Gasteiger partial charge is 0.326 e. The molecule has 4 nitrogen and oxygen atoms in total. The van der Waals surface area contributed by atoms with Crippen LogP contribution in [0.2, 0.25) is 0 Å². The molecule has 0 aromatic heterocycles. The molecule has 1 aliphatic rings. The first kappa shape index (κ1) is 19.4. The number of Topliss-reactive ketones (excluding diaryl/α,β-unsaturated/α-hetero) is 2. The maximum absolute atomic E-state index is 12.7. The minimum atomic E-state index is -0.462. The number of ketones is 2. The molecule has 2 atom stereocenters. The molecule has 1 amide bonds. The van der Waals surface area contributed by atoms with Gasteiger partial charge in [0.1, 0.15) is 0 Å². The van der Waals surface area contributed by atoms with Crippen LogP contribution in [-0.4, -0.2) is 35.0 Å². The van der Waals surface area contributed by atoms with Gasteiger partial charge in [-0.3, -0.25) is 14.4 Å². The molecule has 136 valence electrons. The lowest BCUT2D eigenvalue weighted by Crippen LogP contribution is -2.50. The van der Waals surface area contributed by atoms with Crippen molar-refractivity contribution in [3.8, 4) is 0 Å². The fourth-order valence-corrected chi connectivity index (χ4v) is 3.48. The Hall–Kier alpha value is -1.97. The number of rotatable bonds is 8. The second-order valence-electron chi connectivity index (χ2n) is 7.00. The van der Waals surface area contributed by atoms with E-state index in [9.17, 15) is 14.4 Å². The van der Waals surface area contributed by atoms with Gasteiger partial charge < -0.3 is 4.90 Å². The van der Waals surface area contributed by atoms with Crippen molar-refractivity contribution in [2.45, 2.75) is 70.8 Å². The Bertz CT molecular complexity index is 596. The predicted molar refractivity (Wildman–Crippen MR) is 98.4 cm³/mol. The fraction of sp³-hybridized carbons (Fsp3) is 0.571. The summed E-state index contributed by atoms with van der Waals surface area (Å²) < 4.78 is 0. The van der Waals surface area contributed by atoms with Gasteiger partial charge in [0, 0.05) is 19.4 Å². The Morgan fingerprint density at radius 2 is 1.84 bits per heavy atom. The molecule has 1 fully saturated rings. The maximum Gasteiger partial charge on any atom is 0.290 e. The first-order chi connectivity index (χ1) is 12.0. The van der Waals surface area contributed by atoms with E-state index in [1.54, 1.807) is 0 Å². The smallest absolute Gasteiger partial charge is 0.290 e. The van der Waals surface area contributed by atoms with Crippen LogP contribution in [0.1, 0.15) is 70.3 Å². The number of amides is 1. The zero-order chi connectivity index (χ0) is 18.2. The number of benzene rings is 1. The van der Waals surface area contributed by atoms with Gasteiger partial charge in [-0.05, 0) is 43.6 Å². The third-order valence-electron chi connectivity index (χ3n) is 5.04. The molecule has 1 aromatic carbocycles. The van der Waals surface area contributed by atoms with E-state index in [2.05, 4.69) is 19.1 Å². The molecule has 0 spiro atoms. The highest BCUT2D eigenvalue weighted by molar-refractivity contribution is 6.36. The molecule has 0 N–H and O–H groups in total. The Kier molecular flexibility index (Phi) is 7.35. The van der Waals surface area contributed by atoms with Crippen molar-refractivity contribution in [1.29, 1.82) is 0 Å². The Morgan fingerprint density at radius 3 is 2.52 bits per heavy atom. The first-order valence-electron chi connectivity index (χ1n) is 9.46. The van der Waals surface area contributed by atoms with Crippen molar-refractivity contribution >= 4 is 17.5 Å². The van der Waals surface area contributed by atoms with Gasteiger partial charge >= 0.3 is 0 Å². The van der Waals surface area contributed by atoms with Gasteiger partial charge in [-0.2, -0.15) is 0 Å². The molecule has 0 saturated carbocycles. The molecule has 0 bridgehead atoms. The summed E-state index contributed by atoms with van der Waals surface area (Å²) in [6.07, 6.45) is 4.64. The molecule has 1 saturated heterocycles. The fourth-order valence-electron chi connectivity index (χ4n) is 3.48. The van der Waals surface area contributed by atoms with Crippen LogP contribution < -0.4 is 0 Å². The topological polar surface area (TPSA) is 54.5 Å². The lowest BCUT2D eigenvalue weighted by atomic mass is 9.90. The number of likely N-dealkylation sites (tertiary alicyclic amines) is 1. The van der Waals surface area contributed by atoms with E-state index < -0.39 is 11.9 Å². The third kappa shape index (κ3) is 5.25. The number of carbonyl (C=O) groups is 3. The average Bonchev–Trinajstić information content (AvgIpc) is 2.66. The standard InChI is InChI=1S/C21H29NO3/c1-3-9-20(24)21(25)22-15-8-7-12-18(22)19(23)14-13-16(2)17-10-5-4-6-11-17/h4-6,10-11,16,18H,3,7-9,12-15H2,1-2H3. The van der Waals surface area contributed by atoms with Crippen LogP contribution in [0.4, 0.5) is 0 Å². The molecule has 4 heteroatoms. The van der Waals surface area contributed by atoms with E-state index in [4.69, 9.17) is 0 Å². The summed E-state index contributed by atoms with van der Waals surface area (Å²) in [6.45, 7) is 4.53. The monoisotopic (exact) mass is 343 g/mol. The highest BCUT2D eigenvalue weighted by Gasteiger charge is 2.34. The average molecular weight is 343 g/mol. The SMILES string of the molecule is CCCC(=O)C(=O)N1CCCCC1C(=O)CCC(C)c1ccccc1. The van der Waals surface area contributed by atoms with Crippen LogP contribution in [0.3, 0.4) is 0 Å². The van der Waals surface area contributed by atoms with Gasteiger partial charge in [-0.1, -0.05) is 44.2 Å². The lowest BCUT2D eigenvalue weighted by Gasteiger charge is -2.34. The van der Waals surface area contributed by atoms with Gasteiger partial charge in [0.2, 0.25) is 5.78 Å². The zero-order valence-corrected chi connectivity index (χ0v) is 15.4. The van der Waals surface area contributed by atoms with Crippen molar-refractivity contribution in [2.24, 2.45) is 0 Å². The van der Waals surface area contributed by atoms with Crippen molar-refractivity contribution in [1.82, 2.24) is 4.90 Å². The maximum atomic E-state index is 12.7. The summed E-state index contributed by atoms with van der Waals surface area (Å²) in [7, 11) is 0. The van der Waals surface area contributed by atoms with Crippen molar-refractivity contribution in [3.05, 3.63) is 35.9 Å². The van der Waals surface area contributed by atoms with Gasteiger partial charge in [0.05, 0.1) is 6.04 Å². The first-order valence-corrected chi connectivity index (χ1v) is 9.46. The molecular formula is C21H29NO3. The van der Waals surface area contributed by atoms with Crippen molar-refractivity contribution in [3.63, 3.8) is 0 Å². The molecular weight excluding hydrogens is 314 g/mol. The quantitative estimate of drug-likeness (QED) is 0.673. The van der Waals surface area contributed by atoms with Gasteiger partial charge in [0.25, 0.3) is 5.91 Å². The van der Waals surface area contributed by atoms with Crippen LogP contribution in [0.15, 0.2) is 30.3 Å². The van der Waals surface area contributed by atoms with Crippen LogP contribution in [0.25, 0.3) is 0 Å². The lowest BCUT2D eigenvalue weighted by molar-refractivity contribution is -0.149. The number of nitrogens with zero attached hydrogens (tertiary/aromatic N) is 1. The van der Waals surface area contributed by atoms with Crippen LogP contribution in [0, 0.1) is 0 Å². The molecule has 1 aliphatic heterocycles. The molecule has 0 aliphatic carbocycles. The second kappa shape index (κ2) is 9.50. The minimum Gasteiger partial charge on any atom is -0.326 e. The third-order valence-corrected chi connectivity index (χ3v) is 5.04. The summed E-state index contributed by atoms with van der Waals surface area (Å²) in [6, 6.07) is 9.75. The molecule has 0 radical (unpaired) electrons. The highest BCUT2D eigenvalue weighted by atomic mass is 16.2. The summed E-state index contributed by atoms with van der Waals surface area (Å²) in [5, 5.41) is 0. The van der Waals surface area contributed by atoms with E-state index in [1.807, 2.05) is 25.1 Å². The van der Waals surface area contributed by atoms with Crippen LogP contribution >= 0.6 is 0 Å². The molecule has 1 heterocycles. The number of hydrogen-bond acceptors (Lipinski definition) is 3. The van der Waals surface area contributed by atoms with Gasteiger partial charge in [0.15, 0.2) is 5.78 Å². The summed E-state index contributed by atoms with van der Waals surface area (Å²) >= 11 is 0. The number of carbonyl (C=O) groups excluding carboxylic acids is 3. The Balaban J connectivity index is 1.95. The Labute approximate surface area is 150 Å². The summed E-state index contributed by atoms with van der Waals surface area (Å²) in [5.41, 5.74) is 1.23. The normalized spacial score (nSPS) is 18.6. The molecule has 2 rings (SSSR count). The number of hydrogen-bond donors (Lipinski definition) is 0. The molecule has 1 aromatic rings. The van der Waals surface area contributed by atoms with E-state index >= 15 is 0 Å². The highest BCUT2D eigenvalue weighted by Crippen LogP contribution is 2.24. The zero-order valence-electron chi connectivity index (χ0n) is 15.4. The van der Waals surface area contributed by atoms with E-state index in [0.717, 1.165) is 19.3 Å².